The molecule has 172 valence electrons. The number of ether oxygens (including phenoxy) is 1. The molecular weight excluding hydrogens is 440 g/mol. The molecule has 0 bridgehead atoms. The molecule has 2 fully saturated rings. The summed E-state index contributed by atoms with van der Waals surface area (Å²) in [6.07, 6.45) is 3.88. The number of rotatable bonds is 5. The first-order valence-corrected chi connectivity index (χ1v) is 11.7. The number of carbonyl (C=O) groups is 1. The minimum Gasteiger partial charge on any atom is -0.380 e. The fourth-order valence-electron chi connectivity index (χ4n) is 4.22. The maximum atomic E-state index is 12.7. The third-order valence-corrected chi connectivity index (χ3v) is 6.41. The van der Waals surface area contributed by atoms with Crippen molar-refractivity contribution < 1.29 is 9.53 Å². The number of halogens is 1. The average molecular weight is 467 g/mol. The predicted octanol–water partition coefficient (Wildman–Crippen LogP) is 3.66. The fourth-order valence-corrected chi connectivity index (χ4v) is 4.43. The van der Waals surface area contributed by atoms with Crippen molar-refractivity contribution in [3.8, 4) is 0 Å². The summed E-state index contributed by atoms with van der Waals surface area (Å²) in [5.41, 5.74) is 3.21. The van der Waals surface area contributed by atoms with Crippen LogP contribution in [0, 0.1) is 0 Å². The number of aromatic nitrogens is 2. The van der Waals surface area contributed by atoms with Gasteiger partial charge in [0.25, 0.3) is 5.91 Å². The fraction of sp³-hybridized carbons (Fsp3) is 0.375. The Balaban J connectivity index is 1.34. The number of nitrogens with one attached hydrogen (secondary N) is 3. The summed E-state index contributed by atoms with van der Waals surface area (Å²) in [6, 6.07) is 11.6. The molecule has 2 saturated heterocycles. The van der Waals surface area contributed by atoms with Crippen LogP contribution in [0.3, 0.4) is 0 Å². The first kappa shape index (κ1) is 21.9. The highest BCUT2D eigenvalue weighted by atomic mass is 35.5. The van der Waals surface area contributed by atoms with E-state index in [9.17, 15) is 4.79 Å². The zero-order valence-electron chi connectivity index (χ0n) is 18.3. The summed E-state index contributed by atoms with van der Waals surface area (Å²) in [6.45, 7) is 4.44. The van der Waals surface area contributed by atoms with Crippen LogP contribution in [0.2, 0.25) is 5.02 Å². The molecule has 2 aromatic carbocycles. The second kappa shape index (κ2) is 9.91. The summed E-state index contributed by atoms with van der Waals surface area (Å²) in [7, 11) is 0. The lowest BCUT2D eigenvalue weighted by molar-refractivity contribution is 0.0303. The number of carbonyl (C=O) groups excluding carboxylic acids is 1. The molecule has 0 saturated carbocycles. The molecule has 8 nitrogen and oxygen atoms in total. The standard InChI is InChI=1S/C24H27ClN6O2/c25-20-5-6-21(28-18-7-9-26-10-8-18)22-19(20)15-27-24(30-22)29-17-3-1-16(2-4-17)23(32)31-11-13-33-14-12-31/h1-6,15,18,26,28H,7-14H2,(H,27,29,30). The van der Waals surface area contributed by atoms with E-state index in [1.165, 1.54) is 0 Å². The van der Waals surface area contributed by atoms with Crippen LogP contribution in [0.25, 0.3) is 10.9 Å². The van der Waals surface area contributed by atoms with Gasteiger partial charge in [0.2, 0.25) is 5.95 Å². The molecule has 33 heavy (non-hydrogen) atoms. The summed E-state index contributed by atoms with van der Waals surface area (Å²) in [4.78, 5) is 23.7. The zero-order chi connectivity index (χ0) is 22.6. The van der Waals surface area contributed by atoms with Gasteiger partial charge < -0.3 is 25.6 Å². The number of nitrogens with zero attached hydrogens (tertiary/aromatic N) is 3. The van der Waals surface area contributed by atoms with Crippen molar-refractivity contribution in [2.24, 2.45) is 0 Å². The van der Waals surface area contributed by atoms with Crippen molar-refractivity contribution in [2.45, 2.75) is 18.9 Å². The average Bonchev–Trinajstić information content (AvgIpc) is 2.87. The van der Waals surface area contributed by atoms with E-state index < -0.39 is 0 Å². The first-order chi connectivity index (χ1) is 16.2. The molecule has 9 heteroatoms. The molecule has 0 unspecified atom stereocenters. The smallest absolute Gasteiger partial charge is 0.254 e. The molecule has 3 aromatic rings. The van der Waals surface area contributed by atoms with Crippen LogP contribution in [-0.4, -0.2) is 66.2 Å². The van der Waals surface area contributed by atoms with Crippen molar-refractivity contribution in [1.29, 1.82) is 0 Å². The number of amides is 1. The number of piperidine rings is 1. The van der Waals surface area contributed by atoms with Crippen molar-refractivity contribution in [1.82, 2.24) is 20.2 Å². The van der Waals surface area contributed by atoms with Gasteiger partial charge in [0.05, 0.1) is 23.9 Å². The number of hydrogen-bond acceptors (Lipinski definition) is 7. The van der Waals surface area contributed by atoms with Gasteiger partial charge in [0.15, 0.2) is 0 Å². The van der Waals surface area contributed by atoms with Gasteiger partial charge in [0.1, 0.15) is 5.52 Å². The summed E-state index contributed by atoms with van der Waals surface area (Å²) < 4.78 is 5.33. The lowest BCUT2D eigenvalue weighted by atomic mass is 10.1. The van der Waals surface area contributed by atoms with E-state index in [0.29, 0.717) is 48.9 Å². The zero-order valence-corrected chi connectivity index (χ0v) is 19.1. The van der Waals surface area contributed by atoms with Crippen LogP contribution in [0.1, 0.15) is 23.2 Å². The van der Waals surface area contributed by atoms with Gasteiger partial charge in [-0.3, -0.25) is 4.79 Å². The monoisotopic (exact) mass is 466 g/mol. The van der Waals surface area contributed by atoms with Crippen LogP contribution in [-0.2, 0) is 4.74 Å². The van der Waals surface area contributed by atoms with E-state index in [4.69, 9.17) is 21.3 Å². The van der Waals surface area contributed by atoms with Crippen LogP contribution in [0.5, 0.6) is 0 Å². The number of fused-ring (bicyclic) bond motifs is 1. The second-order valence-electron chi connectivity index (χ2n) is 8.33. The number of morpholine rings is 1. The third-order valence-electron chi connectivity index (χ3n) is 6.08. The Kier molecular flexibility index (Phi) is 6.57. The first-order valence-electron chi connectivity index (χ1n) is 11.3. The Bertz CT molecular complexity index is 1130. The quantitative estimate of drug-likeness (QED) is 0.528. The number of hydrogen-bond donors (Lipinski definition) is 3. The normalized spacial score (nSPS) is 17.2. The molecular formula is C24H27ClN6O2. The topological polar surface area (TPSA) is 91.4 Å². The van der Waals surface area contributed by atoms with Gasteiger partial charge in [-0.15, -0.1) is 0 Å². The van der Waals surface area contributed by atoms with Crippen LogP contribution in [0.15, 0.2) is 42.6 Å². The maximum absolute atomic E-state index is 12.7. The van der Waals surface area contributed by atoms with E-state index >= 15 is 0 Å². The van der Waals surface area contributed by atoms with Gasteiger partial charge in [-0.25, -0.2) is 9.97 Å². The molecule has 0 spiro atoms. The minimum atomic E-state index is 0.0232. The van der Waals surface area contributed by atoms with Crippen LogP contribution >= 0.6 is 11.6 Å². The molecule has 0 aliphatic carbocycles. The van der Waals surface area contributed by atoms with Gasteiger partial charge in [-0.2, -0.15) is 0 Å². The molecule has 2 aliphatic heterocycles. The predicted molar refractivity (Wildman–Crippen MR) is 131 cm³/mol. The molecule has 0 atom stereocenters. The van der Waals surface area contributed by atoms with E-state index in [1.54, 1.807) is 6.20 Å². The van der Waals surface area contributed by atoms with E-state index in [0.717, 1.165) is 48.2 Å². The summed E-state index contributed by atoms with van der Waals surface area (Å²) >= 11 is 6.41. The minimum absolute atomic E-state index is 0.0232. The van der Waals surface area contributed by atoms with Gasteiger partial charge in [0, 0.05) is 42.0 Å². The second-order valence-corrected chi connectivity index (χ2v) is 8.73. The molecule has 0 radical (unpaired) electrons. The highest BCUT2D eigenvalue weighted by Crippen LogP contribution is 2.30. The third kappa shape index (κ3) is 5.03. The molecule has 1 amide bonds. The molecule has 3 heterocycles. The van der Waals surface area contributed by atoms with Gasteiger partial charge >= 0.3 is 0 Å². The Morgan fingerprint density at radius 2 is 1.85 bits per heavy atom. The Labute approximate surface area is 197 Å². The van der Waals surface area contributed by atoms with E-state index in [2.05, 4.69) is 20.9 Å². The molecule has 1 aromatic heterocycles. The Hall–Kier alpha value is -2.94. The van der Waals surface area contributed by atoms with Crippen LogP contribution < -0.4 is 16.0 Å². The van der Waals surface area contributed by atoms with Crippen molar-refractivity contribution >= 4 is 45.7 Å². The summed E-state index contributed by atoms with van der Waals surface area (Å²) in [5, 5.41) is 11.7. The lowest BCUT2D eigenvalue weighted by Crippen LogP contribution is -2.40. The van der Waals surface area contributed by atoms with Crippen molar-refractivity contribution in [3.63, 3.8) is 0 Å². The SMILES string of the molecule is O=C(c1ccc(Nc2ncc3c(Cl)ccc(NC4CCNCC4)c3n2)cc1)N1CCOCC1. The summed E-state index contributed by atoms with van der Waals surface area (Å²) in [5.74, 6) is 0.500. The van der Waals surface area contributed by atoms with E-state index in [1.807, 2.05) is 41.3 Å². The van der Waals surface area contributed by atoms with Gasteiger partial charge in [-0.1, -0.05) is 11.6 Å². The highest BCUT2D eigenvalue weighted by molar-refractivity contribution is 6.35. The van der Waals surface area contributed by atoms with Crippen molar-refractivity contribution in [3.05, 3.63) is 53.2 Å². The van der Waals surface area contributed by atoms with E-state index in [-0.39, 0.29) is 5.91 Å². The molecule has 2 aliphatic rings. The van der Waals surface area contributed by atoms with Crippen molar-refractivity contribution in [2.75, 3.05) is 50.0 Å². The molecule has 5 rings (SSSR count). The Morgan fingerprint density at radius 1 is 1.09 bits per heavy atom. The lowest BCUT2D eigenvalue weighted by Gasteiger charge is -2.26. The van der Waals surface area contributed by atoms with Crippen LogP contribution in [0.4, 0.5) is 17.3 Å². The largest absolute Gasteiger partial charge is 0.380 e. The number of benzene rings is 2. The molecule has 3 N–H and O–H groups in total. The highest BCUT2D eigenvalue weighted by Gasteiger charge is 2.19. The number of anilines is 3. The van der Waals surface area contributed by atoms with Gasteiger partial charge in [-0.05, 0) is 62.3 Å². The maximum Gasteiger partial charge on any atom is 0.254 e. The Morgan fingerprint density at radius 3 is 2.61 bits per heavy atom.